The number of allylic oxidation sites excluding steroid dienone is 4. The summed E-state index contributed by atoms with van der Waals surface area (Å²) in [7, 11) is 0. The fourth-order valence-corrected chi connectivity index (χ4v) is 1.26. The van der Waals surface area contributed by atoms with Crippen LogP contribution in [-0.2, 0) is 0 Å². The van der Waals surface area contributed by atoms with E-state index in [0.29, 0.717) is 0 Å². The number of rotatable bonds is 4. The Morgan fingerprint density at radius 1 is 1.36 bits per heavy atom. The molecule has 2 heteroatoms. The summed E-state index contributed by atoms with van der Waals surface area (Å²) in [6.45, 7) is 5.83. The lowest BCUT2D eigenvalue weighted by Gasteiger charge is -1.95. The molecule has 11 heavy (non-hydrogen) atoms. The minimum absolute atomic E-state index is 1.18. The Bertz CT molecular complexity index is 178. The van der Waals surface area contributed by atoms with Crippen LogP contribution < -0.4 is 0 Å². The summed E-state index contributed by atoms with van der Waals surface area (Å²) in [6, 6.07) is 0. The second-order valence-corrected chi connectivity index (χ2v) is 3.78. The van der Waals surface area contributed by atoms with Gasteiger partial charge in [-0.05, 0) is 41.4 Å². The van der Waals surface area contributed by atoms with Gasteiger partial charge in [-0.15, -0.1) is 23.5 Å². The normalized spacial score (nSPS) is 13.4. The summed E-state index contributed by atoms with van der Waals surface area (Å²) in [6.07, 6.45) is 8.13. The lowest BCUT2D eigenvalue weighted by molar-refractivity contribution is 1.62. The van der Waals surface area contributed by atoms with E-state index >= 15 is 0 Å². The zero-order valence-corrected chi connectivity index (χ0v) is 8.89. The Hall–Kier alpha value is -0.0800. The second-order valence-electron chi connectivity index (χ2n) is 2.02. The van der Waals surface area contributed by atoms with Crippen molar-refractivity contribution >= 4 is 23.5 Å². The first-order chi connectivity index (χ1) is 5.24. The molecule has 62 valence electrons. The van der Waals surface area contributed by atoms with E-state index in [-0.39, 0.29) is 0 Å². The predicted octanol–water partition coefficient (Wildman–Crippen LogP) is 3.69. The van der Waals surface area contributed by atoms with E-state index in [2.05, 4.69) is 31.2 Å². The molecule has 0 bridgehead atoms. The first-order valence-corrected chi connectivity index (χ1v) is 5.83. The quantitative estimate of drug-likeness (QED) is 0.614. The molecule has 0 aromatic heterocycles. The molecule has 0 aliphatic carbocycles. The van der Waals surface area contributed by atoms with Crippen LogP contribution in [-0.4, -0.2) is 12.5 Å². The summed E-state index contributed by atoms with van der Waals surface area (Å²) in [5, 5.41) is 2.09. The highest BCUT2D eigenvalue weighted by Crippen LogP contribution is 2.15. The fraction of sp³-hybridized carbons (Fsp3) is 0.333. The Morgan fingerprint density at radius 2 is 2.00 bits per heavy atom. The minimum Gasteiger partial charge on any atom is -0.137 e. The van der Waals surface area contributed by atoms with Crippen LogP contribution in [0.5, 0.6) is 0 Å². The van der Waals surface area contributed by atoms with Crippen LogP contribution in [0.1, 0.15) is 6.92 Å². The molecule has 0 heterocycles. The van der Waals surface area contributed by atoms with Crippen molar-refractivity contribution in [1.82, 2.24) is 0 Å². The largest absolute Gasteiger partial charge is 0.137 e. The smallest absolute Gasteiger partial charge is 0.0140 e. The first kappa shape index (κ1) is 10.9. The van der Waals surface area contributed by atoms with E-state index in [4.69, 9.17) is 0 Å². The first-order valence-electron chi connectivity index (χ1n) is 3.32. The highest BCUT2D eigenvalue weighted by atomic mass is 32.2. The van der Waals surface area contributed by atoms with Crippen LogP contribution in [0.4, 0.5) is 0 Å². The Labute approximate surface area is 77.8 Å². The average molecular weight is 186 g/mol. The van der Waals surface area contributed by atoms with Crippen molar-refractivity contribution < 1.29 is 0 Å². The average Bonchev–Trinajstić information content (AvgIpc) is 2.03. The third kappa shape index (κ3) is 5.22. The van der Waals surface area contributed by atoms with E-state index in [1.54, 1.807) is 23.5 Å². The molecule has 0 fully saturated rings. The van der Waals surface area contributed by atoms with Crippen molar-refractivity contribution in [3.8, 4) is 0 Å². The van der Waals surface area contributed by atoms with Gasteiger partial charge < -0.3 is 0 Å². The number of hydrogen-bond acceptors (Lipinski definition) is 2. The van der Waals surface area contributed by atoms with Crippen LogP contribution in [0.25, 0.3) is 0 Å². The lowest BCUT2D eigenvalue weighted by atomic mass is 10.3. The third-order valence-electron chi connectivity index (χ3n) is 1.18. The van der Waals surface area contributed by atoms with Gasteiger partial charge in [0, 0.05) is 0 Å². The minimum atomic E-state index is 1.18. The van der Waals surface area contributed by atoms with E-state index in [1.165, 1.54) is 10.5 Å². The van der Waals surface area contributed by atoms with E-state index < -0.39 is 0 Å². The Balaban J connectivity index is 4.29. The SMILES string of the molecule is C=CC(/C=C(/C)SC)=C\SC. The maximum absolute atomic E-state index is 3.73. The van der Waals surface area contributed by atoms with Gasteiger partial charge in [-0.25, -0.2) is 0 Å². The van der Waals surface area contributed by atoms with Crippen LogP contribution in [0, 0.1) is 0 Å². The molecule has 0 aromatic rings. The molecule has 0 saturated heterocycles. The van der Waals surface area contributed by atoms with E-state index in [0.717, 1.165) is 0 Å². The highest BCUT2D eigenvalue weighted by molar-refractivity contribution is 8.02. The lowest BCUT2D eigenvalue weighted by Crippen LogP contribution is -1.71. The van der Waals surface area contributed by atoms with Crippen molar-refractivity contribution in [1.29, 1.82) is 0 Å². The van der Waals surface area contributed by atoms with Gasteiger partial charge in [0.2, 0.25) is 0 Å². The molecule has 0 N–H and O–H groups in total. The van der Waals surface area contributed by atoms with Gasteiger partial charge in [-0.3, -0.25) is 0 Å². The van der Waals surface area contributed by atoms with Crippen molar-refractivity contribution in [2.24, 2.45) is 0 Å². The molecule has 0 nitrogen and oxygen atoms in total. The number of hydrogen-bond donors (Lipinski definition) is 0. The fourth-order valence-electron chi connectivity index (χ4n) is 0.571. The Kier molecular flexibility index (Phi) is 6.57. The van der Waals surface area contributed by atoms with Gasteiger partial charge in [-0.1, -0.05) is 12.7 Å². The van der Waals surface area contributed by atoms with Crippen LogP contribution in [0.15, 0.2) is 34.6 Å². The van der Waals surface area contributed by atoms with Gasteiger partial charge in [0.15, 0.2) is 0 Å². The van der Waals surface area contributed by atoms with E-state index in [9.17, 15) is 0 Å². The van der Waals surface area contributed by atoms with Crippen molar-refractivity contribution in [2.45, 2.75) is 6.92 Å². The van der Waals surface area contributed by atoms with Gasteiger partial charge >= 0.3 is 0 Å². The highest BCUT2D eigenvalue weighted by Gasteiger charge is 1.87. The summed E-state index contributed by atoms with van der Waals surface area (Å²) < 4.78 is 0. The van der Waals surface area contributed by atoms with Crippen LogP contribution in [0.3, 0.4) is 0 Å². The van der Waals surface area contributed by atoms with Crippen molar-refractivity contribution in [3.05, 3.63) is 34.6 Å². The summed E-state index contributed by atoms with van der Waals surface area (Å²) in [5.41, 5.74) is 1.18. The zero-order valence-electron chi connectivity index (χ0n) is 7.26. The maximum Gasteiger partial charge on any atom is -0.0140 e. The molecule has 0 amide bonds. The van der Waals surface area contributed by atoms with Gasteiger partial charge in [0.05, 0.1) is 0 Å². The molecule has 0 rings (SSSR count). The molecule has 0 aromatic carbocycles. The summed E-state index contributed by atoms with van der Waals surface area (Å²) in [4.78, 5) is 1.31. The van der Waals surface area contributed by atoms with Gasteiger partial charge in [0.1, 0.15) is 0 Å². The van der Waals surface area contributed by atoms with Crippen LogP contribution >= 0.6 is 23.5 Å². The van der Waals surface area contributed by atoms with Gasteiger partial charge in [0.25, 0.3) is 0 Å². The molecule has 0 atom stereocenters. The molecule has 0 radical (unpaired) electrons. The van der Waals surface area contributed by atoms with Gasteiger partial charge in [-0.2, -0.15) is 0 Å². The van der Waals surface area contributed by atoms with Crippen LogP contribution in [0.2, 0.25) is 0 Å². The zero-order chi connectivity index (χ0) is 8.69. The summed E-state index contributed by atoms with van der Waals surface area (Å²) in [5.74, 6) is 0. The monoisotopic (exact) mass is 186 g/mol. The topological polar surface area (TPSA) is 0 Å². The Morgan fingerprint density at radius 3 is 2.36 bits per heavy atom. The molecular formula is C9H14S2. The number of thioether (sulfide) groups is 2. The van der Waals surface area contributed by atoms with Crippen molar-refractivity contribution in [2.75, 3.05) is 12.5 Å². The molecule has 0 spiro atoms. The molecular weight excluding hydrogens is 172 g/mol. The molecule has 0 aliphatic rings. The molecule has 0 unspecified atom stereocenters. The predicted molar refractivity (Wildman–Crippen MR) is 59.1 cm³/mol. The van der Waals surface area contributed by atoms with Crippen molar-refractivity contribution in [3.63, 3.8) is 0 Å². The maximum atomic E-state index is 3.73. The second kappa shape index (κ2) is 6.62. The standard InChI is InChI=1S/C9H14S2/c1-5-9(7-10-3)6-8(2)11-4/h5-7H,1H2,2-4H3/b8-6-,9-7+. The molecule has 0 aliphatic heterocycles. The third-order valence-corrected chi connectivity index (χ3v) is 2.45. The molecule has 0 saturated carbocycles. The van der Waals surface area contributed by atoms with E-state index in [1.807, 2.05) is 12.3 Å². The summed E-state index contributed by atoms with van der Waals surface area (Å²) >= 11 is 3.46.